The minimum Gasteiger partial charge on any atom is -0.463 e. The second-order valence-electron chi connectivity index (χ2n) is 9.91. The lowest BCUT2D eigenvalue weighted by atomic mass is 9.96. The van der Waals surface area contributed by atoms with Crippen molar-refractivity contribution in [2.75, 3.05) is 26.4 Å². The predicted molar refractivity (Wildman–Crippen MR) is 133 cm³/mol. The summed E-state index contributed by atoms with van der Waals surface area (Å²) < 4.78 is 20.3. The summed E-state index contributed by atoms with van der Waals surface area (Å²) in [6, 6.07) is 0. The molecule has 0 aromatic heterocycles. The molecule has 0 spiro atoms. The number of hydrogen-bond acceptors (Lipinski definition) is 6. The first-order chi connectivity index (χ1) is 16.5. The Kier molecular flexibility index (Phi) is 14.9. The number of carbonyl (C=O) groups excluding carboxylic acids is 2. The third-order valence-electron chi connectivity index (χ3n) is 6.31. The summed E-state index contributed by atoms with van der Waals surface area (Å²) in [5, 5.41) is 0. The quantitative estimate of drug-likeness (QED) is 0.0654. The lowest BCUT2D eigenvalue weighted by molar-refractivity contribution is -0.144. The Labute approximate surface area is 206 Å². The van der Waals surface area contributed by atoms with Gasteiger partial charge in [-0.1, -0.05) is 56.8 Å². The van der Waals surface area contributed by atoms with Crippen molar-refractivity contribution in [3.63, 3.8) is 0 Å². The van der Waals surface area contributed by atoms with Gasteiger partial charge in [-0.15, -0.1) is 0 Å². The maximum Gasteiger partial charge on any atom is 0.330 e. The highest BCUT2D eigenvalue weighted by Gasteiger charge is 2.24. The lowest BCUT2D eigenvalue weighted by Gasteiger charge is -2.10. The van der Waals surface area contributed by atoms with Crippen LogP contribution in [0.5, 0.6) is 0 Å². The van der Waals surface area contributed by atoms with Gasteiger partial charge in [0.1, 0.15) is 25.4 Å². The summed E-state index contributed by atoms with van der Waals surface area (Å²) in [6.45, 7) is 6.84. The molecule has 34 heavy (non-hydrogen) atoms. The van der Waals surface area contributed by atoms with Crippen molar-refractivity contribution in [2.24, 2.45) is 5.92 Å². The Hall–Kier alpha value is -1.66. The van der Waals surface area contributed by atoms with Crippen molar-refractivity contribution in [2.45, 2.75) is 110 Å². The van der Waals surface area contributed by atoms with Crippen LogP contribution in [-0.4, -0.2) is 50.6 Å². The molecule has 3 atom stereocenters. The van der Waals surface area contributed by atoms with Crippen molar-refractivity contribution < 1.29 is 28.5 Å². The fraction of sp³-hybridized carbons (Fsp3) is 0.786. The van der Waals surface area contributed by atoms with Crippen molar-refractivity contribution in [1.29, 1.82) is 0 Å². The van der Waals surface area contributed by atoms with Crippen LogP contribution in [-0.2, 0) is 28.5 Å². The second-order valence-corrected chi connectivity index (χ2v) is 9.91. The molecule has 2 fully saturated rings. The van der Waals surface area contributed by atoms with E-state index in [0.29, 0.717) is 26.2 Å². The number of rotatable bonds is 21. The smallest absolute Gasteiger partial charge is 0.330 e. The number of carbonyl (C=O) groups is 2. The third kappa shape index (κ3) is 16.9. The van der Waals surface area contributed by atoms with Crippen molar-refractivity contribution in [1.82, 2.24) is 0 Å². The van der Waals surface area contributed by atoms with Gasteiger partial charge in [0.15, 0.2) is 0 Å². The summed E-state index contributed by atoms with van der Waals surface area (Å²) in [6.07, 6.45) is 20.5. The summed E-state index contributed by atoms with van der Waals surface area (Å²) in [5.74, 6) is 0.406. The maximum atomic E-state index is 11.6. The minimum absolute atomic E-state index is 0.0881. The highest BCUT2D eigenvalue weighted by atomic mass is 16.6. The molecule has 6 heteroatoms. The van der Waals surface area contributed by atoms with Crippen molar-refractivity contribution in [3.05, 3.63) is 23.8 Å². The molecule has 2 heterocycles. The first-order valence-electron chi connectivity index (χ1n) is 13.4. The molecule has 6 nitrogen and oxygen atoms in total. The van der Waals surface area contributed by atoms with Crippen LogP contribution in [0.15, 0.2) is 23.8 Å². The summed E-state index contributed by atoms with van der Waals surface area (Å²) >= 11 is 0. The van der Waals surface area contributed by atoms with Crippen LogP contribution in [0, 0.1) is 5.92 Å². The van der Waals surface area contributed by atoms with Crippen LogP contribution in [0.4, 0.5) is 0 Å². The van der Waals surface area contributed by atoms with E-state index in [2.05, 4.69) is 19.9 Å². The Morgan fingerprint density at radius 2 is 1.50 bits per heavy atom. The normalized spacial score (nSPS) is 20.4. The van der Waals surface area contributed by atoms with Gasteiger partial charge in [0.05, 0.1) is 13.2 Å². The van der Waals surface area contributed by atoms with E-state index in [1.165, 1.54) is 50.5 Å². The summed E-state index contributed by atoms with van der Waals surface area (Å²) in [7, 11) is 0. The fourth-order valence-corrected chi connectivity index (χ4v) is 3.83. The standard InChI is InChI=1S/C28H46O6/c1-23(13-7-3-5-9-17-27(29)33-21-25-19-31-25)15-11-12-16-24(2)14-8-4-6-10-18-28(30)34-22-26-20-32-26/h9,16-17,23,25-26H,3-8,10-15,18-22H2,1-2H3. The highest BCUT2D eigenvalue weighted by molar-refractivity contribution is 5.81. The molecule has 0 aromatic carbocycles. The van der Waals surface area contributed by atoms with Gasteiger partial charge in [0, 0.05) is 12.5 Å². The topological polar surface area (TPSA) is 77.7 Å². The molecule has 2 aliphatic heterocycles. The van der Waals surface area contributed by atoms with Gasteiger partial charge in [-0.05, 0) is 57.8 Å². The van der Waals surface area contributed by atoms with Gasteiger partial charge in [-0.3, -0.25) is 4.79 Å². The van der Waals surface area contributed by atoms with E-state index in [9.17, 15) is 9.59 Å². The fourth-order valence-electron chi connectivity index (χ4n) is 3.83. The Balaban J connectivity index is 1.33. The van der Waals surface area contributed by atoms with E-state index < -0.39 is 0 Å². The molecule has 0 aromatic rings. The van der Waals surface area contributed by atoms with Crippen molar-refractivity contribution in [3.8, 4) is 0 Å². The first-order valence-corrected chi connectivity index (χ1v) is 13.4. The zero-order chi connectivity index (χ0) is 24.4. The number of esters is 2. The van der Waals surface area contributed by atoms with E-state index in [4.69, 9.17) is 18.9 Å². The summed E-state index contributed by atoms with van der Waals surface area (Å²) in [5.41, 5.74) is 1.49. The predicted octanol–water partition coefficient (Wildman–Crippen LogP) is 6.08. The SMILES string of the molecule is CC(=CCCCC(C)CCCCC=CC(=O)OCC1CO1)CCCCCCC(=O)OCC1CO1. The van der Waals surface area contributed by atoms with Crippen LogP contribution in [0.1, 0.15) is 97.3 Å². The number of unbranched alkanes of at least 4 members (excludes halogenated alkanes) is 6. The second kappa shape index (κ2) is 17.7. The third-order valence-corrected chi connectivity index (χ3v) is 6.31. The van der Waals surface area contributed by atoms with Crippen LogP contribution in [0.25, 0.3) is 0 Å². The monoisotopic (exact) mass is 478 g/mol. The van der Waals surface area contributed by atoms with E-state index in [-0.39, 0.29) is 24.1 Å². The number of ether oxygens (including phenoxy) is 4. The molecular weight excluding hydrogens is 432 g/mol. The van der Waals surface area contributed by atoms with Crippen LogP contribution >= 0.6 is 0 Å². The average molecular weight is 479 g/mol. The molecule has 194 valence electrons. The van der Waals surface area contributed by atoms with Crippen LogP contribution in [0.3, 0.4) is 0 Å². The summed E-state index contributed by atoms with van der Waals surface area (Å²) in [4.78, 5) is 23.0. The molecule has 0 aliphatic carbocycles. The van der Waals surface area contributed by atoms with Gasteiger partial charge in [0.25, 0.3) is 0 Å². The largest absolute Gasteiger partial charge is 0.463 e. The average Bonchev–Trinajstić information content (AvgIpc) is 3.73. The van der Waals surface area contributed by atoms with Gasteiger partial charge in [0.2, 0.25) is 0 Å². The first kappa shape index (κ1) is 28.6. The van der Waals surface area contributed by atoms with Gasteiger partial charge in [-0.25, -0.2) is 4.79 Å². The zero-order valence-electron chi connectivity index (χ0n) is 21.4. The molecule has 3 unspecified atom stereocenters. The molecular formula is C28H46O6. The van der Waals surface area contributed by atoms with Crippen molar-refractivity contribution >= 4 is 11.9 Å². The number of allylic oxidation sites excluding steroid dienone is 3. The van der Waals surface area contributed by atoms with Gasteiger partial charge in [-0.2, -0.15) is 0 Å². The molecule has 0 bridgehead atoms. The maximum absolute atomic E-state index is 11.6. The molecule has 2 rings (SSSR count). The van der Waals surface area contributed by atoms with E-state index in [0.717, 1.165) is 44.6 Å². The zero-order valence-corrected chi connectivity index (χ0v) is 21.4. The van der Waals surface area contributed by atoms with E-state index >= 15 is 0 Å². The van der Waals surface area contributed by atoms with E-state index in [1.54, 1.807) is 6.08 Å². The minimum atomic E-state index is -0.260. The van der Waals surface area contributed by atoms with Gasteiger partial charge >= 0.3 is 11.9 Å². The van der Waals surface area contributed by atoms with Crippen LogP contribution < -0.4 is 0 Å². The van der Waals surface area contributed by atoms with Gasteiger partial charge < -0.3 is 18.9 Å². The lowest BCUT2D eigenvalue weighted by Crippen LogP contribution is -2.09. The molecule has 0 radical (unpaired) electrons. The Bertz CT molecular complexity index is 633. The van der Waals surface area contributed by atoms with E-state index in [1.807, 2.05) is 6.08 Å². The highest BCUT2D eigenvalue weighted by Crippen LogP contribution is 2.18. The number of hydrogen-bond donors (Lipinski definition) is 0. The number of epoxide rings is 2. The molecule has 0 saturated carbocycles. The Morgan fingerprint density at radius 3 is 2.21 bits per heavy atom. The van der Waals surface area contributed by atoms with Crippen LogP contribution in [0.2, 0.25) is 0 Å². The molecule has 0 N–H and O–H groups in total. The molecule has 2 aliphatic rings. The molecule has 2 saturated heterocycles. The Morgan fingerprint density at radius 1 is 0.853 bits per heavy atom. The molecule has 0 amide bonds.